The van der Waals surface area contributed by atoms with Crippen molar-refractivity contribution in [2.45, 2.75) is 19.8 Å². The Kier molecular flexibility index (Phi) is 5.66. The second-order valence-electron chi connectivity index (χ2n) is 5.64. The number of benzene rings is 1. The first kappa shape index (κ1) is 18.1. The lowest BCUT2D eigenvalue weighted by Crippen LogP contribution is -2.42. The third kappa shape index (κ3) is 3.97. The zero-order valence-electron chi connectivity index (χ0n) is 13.5. The number of hydrogen-bond acceptors (Lipinski definition) is 4. The molecular weight excluding hydrogens is 336 g/mol. The molecule has 1 aliphatic heterocycles. The quantitative estimate of drug-likeness (QED) is 0.864. The highest BCUT2D eigenvalue weighted by Gasteiger charge is 2.30. The summed E-state index contributed by atoms with van der Waals surface area (Å²) < 4.78 is 5.24. The fourth-order valence-corrected chi connectivity index (χ4v) is 2.92. The molecule has 1 saturated heterocycles. The Hall–Kier alpha value is -2.28. The van der Waals surface area contributed by atoms with E-state index in [9.17, 15) is 14.4 Å². The maximum absolute atomic E-state index is 12.7. The van der Waals surface area contributed by atoms with Crippen LogP contribution in [-0.4, -0.2) is 48.0 Å². The first-order valence-corrected chi connectivity index (χ1v) is 7.88. The summed E-state index contributed by atoms with van der Waals surface area (Å²) in [4.78, 5) is 36.6. The van der Waals surface area contributed by atoms with Gasteiger partial charge in [0.25, 0.3) is 5.91 Å². The minimum atomic E-state index is -0.904. The Morgan fingerprint density at radius 1 is 1.38 bits per heavy atom. The Labute approximate surface area is 144 Å². The molecule has 0 aromatic heterocycles. The summed E-state index contributed by atoms with van der Waals surface area (Å²) in [7, 11) is 1.41. The number of halogens is 1. The van der Waals surface area contributed by atoms with Gasteiger partial charge in [0.2, 0.25) is 5.91 Å². The van der Waals surface area contributed by atoms with E-state index in [2.05, 4.69) is 5.32 Å². The van der Waals surface area contributed by atoms with Crippen molar-refractivity contribution in [3.05, 3.63) is 22.7 Å². The van der Waals surface area contributed by atoms with E-state index < -0.39 is 11.9 Å². The zero-order valence-corrected chi connectivity index (χ0v) is 14.2. The van der Waals surface area contributed by atoms with E-state index in [1.54, 1.807) is 0 Å². The first-order chi connectivity index (χ1) is 11.3. The standard InChI is InChI=1S/C16H19ClN2O5/c1-9(20)18-13-7-14(24-2)11(6-12(13)17)15(21)19-5-3-4-10(8-19)16(22)23/h6-7,10H,3-5,8H2,1-2H3,(H,18,20)(H,22,23)/t10-/m0/s1. The van der Waals surface area contributed by atoms with Crippen LogP contribution < -0.4 is 10.1 Å². The van der Waals surface area contributed by atoms with Crippen molar-refractivity contribution in [3.63, 3.8) is 0 Å². The largest absolute Gasteiger partial charge is 0.496 e. The molecule has 1 heterocycles. The van der Waals surface area contributed by atoms with Crippen LogP contribution in [0.5, 0.6) is 5.75 Å². The second-order valence-corrected chi connectivity index (χ2v) is 6.05. The van der Waals surface area contributed by atoms with Gasteiger partial charge in [-0.1, -0.05) is 11.6 Å². The first-order valence-electron chi connectivity index (χ1n) is 7.50. The molecule has 0 bridgehead atoms. The van der Waals surface area contributed by atoms with Gasteiger partial charge in [0.05, 0.1) is 29.3 Å². The minimum Gasteiger partial charge on any atom is -0.496 e. The smallest absolute Gasteiger partial charge is 0.308 e. The molecule has 0 unspecified atom stereocenters. The molecule has 130 valence electrons. The molecule has 0 radical (unpaired) electrons. The molecule has 2 amide bonds. The van der Waals surface area contributed by atoms with Gasteiger partial charge in [-0.2, -0.15) is 0 Å². The van der Waals surface area contributed by atoms with Crippen LogP contribution in [0, 0.1) is 5.92 Å². The Bertz CT molecular complexity index is 677. The van der Waals surface area contributed by atoms with E-state index in [1.165, 1.54) is 31.1 Å². The Morgan fingerprint density at radius 2 is 2.08 bits per heavy atom. The van der Waals surface area contributed by atoms with Gasteiger partial charge >= 0.3 is 5.97 Å². The Morgan fingerprint density at radius 3 is 2.67 bits per heavy atom. The number of carbonyl (C=O) groups excluding carboxylic acids is 2. The van der Waals surface area contributed by atoms with Gasteiger partial charge < -0.3 is 20.1 Å². The normalized spacial score (nSPS) is 17.3. The van der Waals surface area contributed by atoms with Gasteiger partial charge in [-0.3, -0.25) is 14.4 Å². The van der Waals surface area contributed by atoms with Crippen LogP contribution in [0.1, 0.15) is 30.1 Å². The van der Waals surface area contributed by atoms with E-state index in [4.69, 9.17) is 21.4 Å². The number of rotatable bonds is 4. The number of amides is 2. The van der Waals surface area contributed by atoms with Crippen LogP contribution in [0.4, 0.5) is 5.69 Å². The number of nitrogens with one attached hydrogen (secondary N) is 1. The molecule has 2 N–H and O–H groups in total. The molecule has 8 heteroatoms. The number of aliphatic carboxylic acids is 1. The molecule has 1 aromatic rings. The summed E-state index contributed by atoms with van der Waals surface area (Å²) in [5.41, 5.74) is 0.585. The molecule has 2 rings (SSSR count). The summed E-state index contributed by atoms with van der Waals surface area (Å²) in [5.74, 6) is -1.83. The molecule has 0 spiro atoms. The summed E-state index contributed by atoms with van der Waals surface area (Å²) in [6.45, 7) is 1.99. The van der Waals surface area contributed by atoms with E-state index in [-0.39, 0.29) is 34.7 Å². The molecule has 1 fully saturated rings. The van der Waals surface area contributed by atoms with E-state index in [0.717, 1.165) is 0 Å². The molecule has 1 aliphatic rings. The van der Waals surface area contributed by atoms with E-state index >= 15 is 0 Å². The molecule has 7 nitrogen and oxygen atoms in total. The highest BCUT2D eigenvalue weighted by atomic mass is 35.5. The van der Waals surface area contributed by atoms with Crippen LogP contribution in [0.3, 0.4) is 0 Å². The fraction of sp³-hybridized carbons (Fsp3) is 0.438. The van der Waals surface area contributed by atoms with Crippen molar-refractivity contribution in [3.8, 4) is 5.75 Å². The lowest BCUT2D eigenvalue weighted by Gasteiger charge is -2.31. The van der Waals surface area contributed by atoms with Crippen molar-refractivity contribution in [1.82, 2.24) is 4.90 Å². The van der Waals surface area contributed by atoms with Crippen molar-refractivity contribution in [2.24, 2.45) is 5.92 Å². The highest BCUT2D eigenvalue weighted by molar-refractivity contribution is 6.34. The maximum Gasteiger partial charge on any atom is 0.308 e. The highest BCUT2D eigenvalue weighted by Crippen LogP contribution is 2.32. The fourth-order valence-electron chi connectivity index (χ4n) is 2.71. The number of carboxylic acid groups (broad SMARTS) is 1. The van der Waals surface area contributed by atoms with Crippen LogP contribution in [0.2, 0.25) is 5.02 Å². The molecule has 1 atom stereocenters. The van der Waals surface area contributed by atoms with Gasteiger partial charge in [-0.05, 0) is 18.9 Å². The molecule has 1 aromatic carbocycles. The zero-order chi connectivity index (χ0) is 17.9. The van der Waals surface area contributed by atoms with Crippen molar-refractivity contribution >= 4 is 35.1 Å². The molecule has 0 saturated carbocycles. The topological polar surface area (TPSA) is 95.9 Å². The van der Waals surface area contributed by atoms with Gasteiger partial charge in [0.15, 0.2) is 0 Å². The molecular formula is C16H19ClN2O5. The monoisotopic (exact) mass is 354 g/mol. The number of carbonyl (C=O) groups is 3. The lowest BCUT2D eigenvalue weighted by molar-refractivity contribution is -0.143. The summed E-state index contributed by atoms with van der Waals surface area (Å²) in [5, 5.41) is 11.9. The number of methoxy groups -OCH3 is 1. The average molecular weight is 355 g/mol. The summed E-state index contributed by atoms with van der Waals surface area (Å²) >= 11 is 6.13. The van der Waals surface area contributed by atoms with Gasteiger partial charge in [0.1, 0.15) is 5.75 Å². The summed E-state index contributed by atoms with van der Waals surface area (Å²) in [6.07, 6.45) is 1.18. The van der Waals surface area contributed by atoms with Gasteiger partial charge in [0, 0.05) is 26.1 Å². The van der Waals surface area contributed by atoms with Crippen LogP contribution in [0.25, 0.3) is 0 Å². The third-order valence-corrected chi connectivity index (χ3v) is 4.20. The molecule has 24 heavy (non-hydrogen) atoms. The number of carboxylic acids is 1. The predicted molar refractivity (Wildman–Crippen MR) is 88.6 cm³/mol. The SMILES string of the molecule is COc1cc(NC(C)=O)c(Cl)cc1C(=O)N1CCC[C@H](C(=O)O)C1. The second kappa shape index (κ2) is 7.53. The van der Waals surface area contributed by atoms with Gasteiger partial charge in [-0.15, -0.1) is 0 Å². The Balaban J connectivity index is 2.29. The van der Waals surface area contributed by atoms with E-state index in [1.807, 2.05) is 0 Å². The number of ether oxygens (including phenoxy) is 1. The van der Waals surface area contributed by atoms with Crippen molar-refractivity contribution in [1.29, 1.82) is 0 Å². The average Bonchev–Trinajstić information content (AvgIpc) is 2.55. The van der Waals surface area contributed by atoms with Crippen LogP contribution >= 0.6 is 11.6 Å². The van der Waals surface area contributed by atoms with Crippen LogP contribution in [0.15, 0.2) is 12.1 Å². The predicted octanol–water partition coefficient (Wildman–Crippen LogP) is 2.24. The number of hydrogen-bond donors (Lipinski definition) is 2. The number of piperidine rings is 1. The molecule has 0 aliphatic carbocycles. The lowest BCUT2D eigenvalue weighted by atomic mass is 9.97. The van der Waals surface area contributed by atoms with Crippen LogP contribution in [-0.2, 0) is 9.59 Å². The van der Waals surface area contributed by atoms with Crippen molar-refractivity contribution < 1.29 is 24.2 Å². The maximum atomic E-state index is 12.7. The van der Waals surface area contributed by atoms with E-state index in [0.29, 0.717) is 25.1 Å². The van der Waals surface area contributed by atoms with Crippen molar-refractivity contribution in [2.75, 3.05) is 25.5 Å². The summed E-state index contributed by atoms with van der Waals surface area (Å²) in [6, 6.07) is 2.91. The third-order valence-electron chi connectivity index (χ3n) is 3.89. The minimum absolute atomic E-state index is 0.155. The number of nitrogens with zero attached hydrogens (tertiary/aromatic N) is 1. The number of anilines is 1. The van der Waals surface area contributed by atoms with Gasteiger partial charge in [-0.25, -0.2) is 0 Å². The number of likely N-dealkylation sites (tertiary alicyclic amines) is 1.